The number of amides is 2. The number of nitrogen functional groups attached to an aromatic ring is 1. The number of allylic oxidation sites excluding steroid dienone is 2. The van der Waals surface area contributed by atoms with Crippen LogP contribution in [0.15, 0.2) is 47.5 Å². The van der Waals surface area contributed by atoms with Crippen molar-refractivity contribution >= 4 is 33.2 Å². The lowest BCUT2D eigenvalue weighted by Crippen LogP contribution is -2.48. The summed E-state index contributed by atoms with van der Waals surface area (Å²) in [6.45, 7) is 7.82. The molecular weight excluding hydrogens is 404 g/mol. The van der Waals surface area contributed by atoms with Gasteiger partial charge in [0.2, 0.25) is 0 Å². The molecule has 1 aromatic rings. The molecule has 30 heavy (non-hydrogen) atoms. The number of nitrogens with two attached hydrogens (primary N) is 1. The van der Waals surface area contributed by atoms with E-state index >= 15 is 0 Å². The van der Waals surface area contributed by atoms with E-state index in [1.807, 2.05) is 0 Å². The summed E-state index contributed by atoms with van der Waals surface area (Å²) >= 11 is 0. The Morgan fingerprint density at radius 3 is 2.63 bits per heavy atom. The van der Waals surface area contributed by atoms with Crippen LogP contribution in [0.25, 0.3) is 0 Å². The predicted molar refractivity (Wildman–Crippen MR) is 118 cm³/mol. The number of hydrogen-bond acceptors (Lipinski definition) is 6. The molecule has 2 rings (SSSR count). The molecule has 9 heteroatoms. The standard InChI is InChI=1S/C21H28N4O4S/c1-5-17(30(4,28)29)10-9-14(2)18-8-6-7-11-25(18)21(27)20(26)24-16-12-15(3)19(22)23-13-16/h5,9-10,12-13,18H,2,6-8,11H2,1,3-4H3,(H2,22,23)(H,24,26)/b10-9-,17-5+/t18-/m0/s1. The smallest absolute Gasteiger partial charge is 0.313 e. The Labute approximate surface area is 177 Å². The molecule has 0 unspecified atom stereocenters. The summed E-state index contributed by atoms with van der Waals surface area (Å²) in [4.78, 5) is 31.0. The Balaban J connectivity index is 2.15. The van der Waals surface area contributed by atoms with Crippen molar-refractivity contribution in [1.82, 2.24) is 9.88 Å². The van der Waals surface area contributed by atoms with Crippen molar-refractivity contribution in [3.8, 4) is 0 Å². The number of sulfone groups is 1. The normalized spacial score (nSPS) is 17.8. The molecule has 2 amide bonds. The van der Waals surface area contributed by atoms with Crippen molar-refractivity contribution in [2.45, 2.75) is 39.2 Å². The maximum absolute atomic E-state index is 12.8. The van der Waals surface area contributed by atoms with Gasteiger partial charge in [0.1, 0.15) is 5.82 Å². The van der Waals surface area contributed by atoms with Crippen molar-refractivity contribution in [2.75, 3.05) is 23.9 Å². The zero-order valence-corrected chi connectivity index (χ0v) is 18.3. The van der Waals surface area contributed by atoms with E-state index in [4.69, 9.17) is 5.73 Å². The molecule has 0 spiro atoms. The fraction of sp³-hybridized carbons (Fsp3) is 0.381. The first-order chi connectivity index (χ1) is 14.0. The fourth-order valence-electron chi connectivity index (χ4n) is 3.26. The van der Waals surface area contributed by atoms with Crippen LogP contribution in [0.5, 0.6) is 0 Å². The molecule has 0 bridgehead atoms. The van der Waals surface area contributed by atoms with E-state index in [9.17, 15) is 18.0 Å². The summed E-state index contributed by atoms with van der Waals surface area (Å²) in [7, 11) is -3.35. The highest BCUT2D eigenvalue weighted by atomic mass is 32.2. The van der Waals surface area contributed by atoms with Gasteiger partial charge in [0.05, 0.1) is 22.8 Å². The highest BCUT2D eigenvalue weighted by molar-refractivity contribution is 7.94. The summed E-state index contributed by atoms with van der Waals surface area (Å²) in [6.07, 6.45) is 9.39. The molecule has 1 aliphatic rings. The van der Waals surface area contributed by atoms with E-state index in [2.05, 4.69) is 16.9 Å². The molecular formula is C21H28N4O4S. The number of nitrogens with zero attached hydrogens (tertiary/aromatic N) is 2. The predicted octanol–water partition coefficient (Wildman–Crippen LogP) is 2.35. The Bertz CT molecular complexity index is 1010. The van der Waals surface area contributed by atoms with Gasteiger partial charge in [0, 0.05) is 12.8 Å². The first kappa shape index (κ1) is 23.3. The minimum Gasteiger partial charge on any atom is -0.383 e. The minimum atomic E-state index is -3.35. The van der Waals surface area contributed by atoms with Gasteiger partial charge in [-0.05, 0) is 56.4 Å². The first-order valence-electron chi connectivity index (χ1n) is 9.62. The molecule has 2 heterocycles. The van der Waals surface area contributed by atoms with Crippen LogP contribution in [0.4, 0.5) is 11.5 Å². The monoisotopic (exact) mass is 432 g/mol. The Kier molecular flexibility index (Phi) is 7.55. The van der Waals surface area contributed by atoms with Crippen molar-refractivity contribution < 1.29 is 18.0 Å². The zero-order valence-electron chi connectivity index (χ0n) is 17.5. The van der Waals surface area contributed by atoms with Gasteiger partial charge in [-0.15, -0.1) is 0 Å². The van der Waals surface area contributed by atoms with Crippen molar-refractivity contribution in [3.63, 3.8) is 0 Å². The van der Waals surface area contributed by atoms with Gasteiger partial charge >= 0.3 is 11.8 Å². The van der Waals surface area contributed by atoms with E-state index in [0.717, 1.165) is 19.1 Å². The number of nitrogens with one attached hydrogen (secondary N) is 1. The largest absolute Gasteiger partial charge is 0.383 e. The molecule has 162 valence electrons. The average molecular weight is 433 g/mol. The minimum absolute atomic E-state index is 0.168. The highest BCUT2D eigenvalue weighted by Gasteiger charge is 2.31. The lowest BCUT2D eigenvalue weighted by Gasteiger charge is -2.35. The number of likely N-dealkylation sites (tertiary alicyclic amines) is 1. The number of pyridine rings is 1. The molecule has 0 aromatic carbocycles. The molecule has 1 aliphatic heterocycles. The van der Waals surface area contributed by atoms with Crippen LogP contribution >= 0.6 is 0 Å². The quantitative estimate of drug-likeness (QED) is 0.544. The molecule has 1 fully saturated rings. The number of anilines is 2. The lowest BCUT2D eigenvalue weighted by atomic mass is 9.95. The van der Waals surface area contributed by atoms with Crippen molar-refractivity contribution in [1.29, 1.82) is 0 Å². The van der Waals surface area contributed by atoms with Gasteiger partial charge in [-0.3, -0.25) is 9.59 Å². The SMILES string of the molecule is C=C(/C=C\C(=C/C)S(C)(=O)=O)[C@@H]1CCCCN1C(=O)C(=O)Nc1cnc(N)c(C)c1. The number of aryl methyl sites for hydroxylation is 1. The van der Waals surface area contributed by atoms with Gasteiger partial charge in [0.15, 0.2) is 9.84 Å². The van der Waals surface area contributed by atoms with Gasteiger partial charge in [-0.25, -0.2) is 13.4 Å². The Morgan fingerprint density at radius 2 is 2.03 bits per heavy atom. The first-order valence-corrected chi connectivity index (χ1v) is 11.5. The van der Waals surface area contributed by atoms with Crippen LogP contribution in [-0.4, -0.2) is 49.0 Å². The van der Waals surface area contributed by atoms with E-state index in [1.165, 1.54) is 23.2 Å². The zero-order chi connectivity index (χ0) is 22.5. The van der Waals surface area contributed by atoms with E-state index in [0.29, 0.717) is 35.6 Å². The van der Waals surface area contributed by atoms with Crippen LogP contribution in [0.2, 0.25) is 0 Å². The summed E-state index contributed by atoms with van der Waals surface area (Å²) in [5.74, 6) is -1.08. The average Bonchev–Trinajstić information content (AvgIpc) is 2.69. The third kappa shape index (κ3) is 5.79. The van der Waals surface area contributed by atoms with Crippen LogP contribution in [-0.2, 0) is 19.4 Å². The van der Waals surface area contributed by atoms with Gasteiger partial charge in [-0.2, -0.15) is 0 Å². The molecule has 3 N–H and O–H groups in total. The van der Waals surface area contributed by atoms with Gasteiger partial charge < -0.3 is 16.0 Å². The Hall–Kier alpha value is -2.94. The van der Waals surface area contributed by atoms with E-state index in [-0.39, 0.29) is 10.9 Å². The molecule has 0 saturated carbocycles. The molecule has 8 nitrogen and oxygen atoms in total. The number of rotatable bonds is 5. The second-order valence-corrected chi connectivity index (χ2v) is 9.28. The third-order valence-corrected chi connectivity index (χ3v) is 6.16. The highest BCUT2D eigenvalue weighted by Crippen LogP contribution is 2.24. The summed E-state index contributed by atoms with van der Waals surface area (Å²) in [6, 6.07) is 1.27. The van der Waals surface area contributed by atoms with E-state index < -0.39 is 21.7 Å². The second-order valence-electron chi connectivity index (χ2n) is 7.26. The van der Waals surface area contributed by atoms with Gasteiger partial charge in [0.25, 0.3) is 0 Å². The molecule has 1 aromatic heterocycles. The topological polar surface area (TPSA) is 122 Å². The summed E-state index contributed by atoms with van der Waals surface area (Å²) in [5, 5.41) is 2.56. The number of carbonyl (C=O) groups excluding carboxylic acids is 2. The van der Waals surface area contributed by atoms with Crippen LogP contribution in [0.1, 0.15) is 31.7 Å². The molecule has 1 atom stereocenters. The number of aromatic nitrogens is 1. The summed E-state index contributed by atoms with van der Waals surface area (Å²) < 4.78 is 23.5. The van der Waals surface area contributed by atoms with Crippen molar-refractivity contribution in [2.24, 2.45) is 0 Å². The number of piperidine rings is 1. The van der Waals surface area contributed by atoms with Crippen LogP contribution < -0.4 is 11.1 Å². The van der Waals surface area contributed by atoms with Crippen LogP contribution in [0.3, 0.4) is 0 Å². The molecule has 1 saturated heterocycles. The van der Waals surface area contributed by atoms with Crippen LogP contribution in [0, 0.1) is 6.92 Å². The van der Waals surface area contributed by atoms with E-state index in [1.54, 1.807) is 26.0 Å². The van der Waals surface area contributed by atoms with Crippen molar-refractivity contribution in [3.05, 3.63) is 53.1 Å². The number of hydrogen-bond donors (Lipinski definition) is 2. The maximum atomic E-state index is 12.8. The van der Waals surface area contributed by atoms with Gasteiger partial charge in [-0.1, -0.05) is 18.7 Å². The third-order valence-electron chi connectivity index (χ3n) is 4.94. The summed E-state index contributed by atoms with van der Waals surface area (Å²) in [5.41, 5.74) is 7.33. The molecule has 0 radical (unpaired) electrons. The molecule has 0 aliphatic carbocycles. The fourth-order valence-corrected chi connectivity index (χ4v) is 4.01. The number of carbonyl (C=O) groups is 2. The lowest BCUT2D eigenvalue weighted by molar-refractivity contribution is -0.145. The maximum Gasteiger partial charge on any atom is 0.313 e. The second kappa shape index (κ2) is 9.71. The Morgan fingerprint density at radius 1 is 1.33 bits per heavy atom.